The van der Waals surface area contributed by atoms with Crippen molar-refractivity contribution >= 4 is 23.0 Å². The van der Waals surface area contributed by atoms with Gasteiger partial charge in [0.1, 0.15) is 6.54 Å². The van der Waals surface area contributed by atoms with E-state index in [2.05, 4.69) is 9.88 Å². The predicted molar refractivity (Wildman–Crippen MR) is 118 cm³/mol. The van der Waals surface area contributed by atoms with Crippen molar-refractivity contribution in [2.75, 3.05) is 45.8 Å². The first-order valence-corrected chi connectivity index (χ1v) is 11.3. The van der Waals surface area contributed by atoms with Crippen LogP contribution in [0, 0.1) is 0 Å². The van der Waals surface area contributed by atoms with Gasteiger partial charge in [-0.25, -0.2) is 9.78 Å². The minimum absolute atomic E-state index is 0.0172. The number of fused-ring (bicyclic) bond motifs is 1. The second kappa shape index (κ2) is 9.27. The summed E-state index contributed by atoms with van der Waals surface area (Å²) < 4.78 is 3.83. The van der Waals surface area contributed by atoms with E-state index in [1.54, 1.807) is 11.9 Å². The van der Waals surface area contributed by atoms with Crippen LogP contribution in [0.2, 0.25) is 0 Å². The first kappa shape index (κ1) is 22.3. The molecule has 11 nitrogen and oxygen atoms in total. The van der Waals surface area contributed by atoms with Gasteiger partial charge in [0.25, 0.3) is 5.56 Å². The summed E-state index contributed by atoms with van der Waals surface area (Å²) in [6.07, 6.45) is 5.97. The van der Waals surface area contributed by atoms with E-state index in [4.69, 9.17) is 0 Å². The Morgan fingerprint density at radius 2 is 1.41 bits per heavy atom. The molecule has 2 aliphatic rings. The molecule has 11 heteroatoms. The molecule has 4 heterocycles. The number of amides is 2. The Hall–Kier alpha value is -2.95. The lowest BCUT2D eigenvalue weighted by Gasteiger charge is -2.35. The van der Waals surface area contributed by atoms with Crippen LogP contribution < -0.4 is 11.2 Å². The van der Waals surface area contributed by atoms with Crippen LogP contribution in [-0.2, 0) is 30.2 Å². The number of hydrogen-bond donors (Lipinski definition) is 0. The predicted octanol–water partition coefficient (Wildman–Crippen LogP) is -1.02. The number of carbonyl (C=O) groups is 2. The van der Waals surface area contributed by atoms with Crippen molar-refractivity contribution in [3.63, 3.8) is 0 Å². The van der Waals surface area contributed by atoms with Gasteiger partial charge in [0.15, 0.2) is 11.2 Å². The van der Waals surface area contributed by atoms with Gasteiger partial charge in [-0.1, -0.05) is 12.8 Å². The van der Waals surface area contributed by atoms with E-state index >= 15 is 0 Å². The van der Waals surface area contributed by atoms with E-state index in [1.807, 2.05) is 4.90 Å². The van der Waals surface area contributed by atoms with Crippen molar-refractivity contribution in [1.82, 2.24) is 33.4 Å². The Balaban J connectivity index is 1.36. The normalized spacial score (nSPS) is 18.2. The average molecular weight is 446 g/mol. The largest absolute Gasteiger partial charge is 0.342 e. The van der Waals surface area contributed by atoms with E-state index in [1.165, 1.54) is 35.4 Å². The molecule has 0 radical (unpaired) electrons. The zero-order valence-corrected chi connectivity index (χ0v) is 18.8. The zero-order chi connectivity index (χ0) is 22.8. The van der Waals surface area contributed by atoms with Gasteiger partial charge in [0.05, 0.1) is 12.9 Å². The Bertz CT molecular complexity index is 1120. The molecule has 0 aromatic carbocycles. The number of rotatable bonds is 4. The van der Waals surface area contributed by atoms with Gasteiger partial charge >= 0.3 is 5.69 Å². The van der Waals surface area contributed by atoms with Gasteiger partial charge in [0.2, 0.25) is 11.8 Å². The maximum absolute atomic E-state index is 12.9. The zero-order valence-electron chi connectivity index (χ0n) is 18.8. The van der Waals surface area contributed by atoms with Crippen LogP contribution in [0.4, 0.5) is 0 Å². The van der Waals surface area contributed by atoms with Crippen molar-refractivity contribution in [2.24, 2.45) is 14.1 Å². The fraction of sp³-hybridized carbons (Fsp3) is 0.667. The van der Waals surface area contributed by atoms with Gasteiger partial charge in [0, 0.05) is 53.4 Å². The molecule has 174 valence electrons. The maximum Gasteiger partial charge on any atom is 0.332 e. The van der Waals surface area contributed by atoms with Gasteiger partial charge in [-0.3, -0.25) is 28.4 Å². The van der Waals surface area contributed by atoms with Gasteiger partial charge in [-0.15, -0.1) is 0 Å². The number of nitrogens with zero attached hydrogens (tertiary/aromatic N) is 7. The van der Waals surface area contributed by atoms with E-state index < -0.39 is 11.2 Å². The highest BCUT2D eigenvalue weighted by atomic mass is 16.2. The van der Waals surface area contributed by atoms with Crippen LogP contribution >= 0.6 is 0 Å². The molecule has 4 rings (SSSR count). The molecule has 2 aromatic heterocycles. The van der Waals surface area contributed by atoms with E-state index in [0.717, 1.165) is 30.5 Å². The molecule has 32 heavy (non-hydrogen) atoms. The highest BCUT2D eigenvalue weighted by molar-refractivity contribution is 5.80. The summed E-state index contributed by atoms with van der Waals surface area (Å²) in [7, 11) is 2.96. The van der Waals surface area contributed by atoms with Crippen LogP contribution in [0.15, 0.2) is 15.9 Å². The summed E-state index contributed by atoms with van der Waals surface area (Å²) >= 11 is 0. The Morgan fingerprint density at radius 1 is 0.812 bits per heavy atom. The third-order valence-electron chi connectivity index (χ3n) is 6.57. The molecule has 2 aromatic rings. The first-order valence-electron chi connectivity index (χ1n) is 11.3. The minimum atomic E-state index is -0.467. The van der Waals surface area contributed by atoms with Crippen molar-refractivity contribution in [1.29, 1.82) is 0 Å². The lowest BCUT2D eigenvalue weighted by Crippen LogP contribution is -2.52. The third kappa shape index (κ3) is 4.34. The molecular formula is C21H31N7O4. The SMILES string of the molecule is Cn1c(=O)c2c(ncn2CC(=O)N2CCN(CC(=O)N3CCCCCC3)CC2)n(C)c1=O. The van der Waals surface area contributed by atoms with Gasteiger partial charge < -0.3 is 14.4 Å². The van der Waals surface area contributed by atoms with Crippen LogP contribution in [0.5, 0.6) is 0 Å². The van der Waals surface area contributed by atoms with E-state index in [0.29, 0.717) is 32.7 Å². The number of imidazole rings is 1. The molecule has 2 saturated heterocycles. The van der Waals surface area contributed by atoms with Crippen molar-refractivity contribution in [3.8, 4) is 0 Å². The fourth-order valence-corrected chi connectivity index (χ4v) is 4.53. The standard InChI is InChI=1S/C21H31N7O4/c1-23-19-18(20(31)24(2)21(23)32)28(15-22-19)14-17(30)27-11-9-25(10-12-27)13-16(29)26-7-5-3-4-6-8-26/h15H,3-14H2,1-2H3. The Kier molecular flexibility index (Phi) is 6.45. The molecule has 0 saturated carbocycles. The Labute approximate surface area is 185 Å². The summed E-state index contributed by atoms with van der Waals surface area (Å²) in [4.78, 5) is 60.1. The summed E-state index contributed by atoms with van der Waals surface area (Å²) in [5, 5.41) is 0. The quantitative estimate of drug-likeness (QED) is 0.597. The topological polar surface area (TPSA) is 106 Å². The summed E-state index contributed by atoms with van der Waals surface area (Å²) in [5.41, 5.74) is -0.414. The number of carbonyl (C=O) groups excluding carboxylic acids is 2. The molecule has 2 aliphatic heterocycles. The lowest BCUT2D eigenvalue weighted by atomic mass is 10.2. The second-order valence-corrected chi connectivity index (χ2v) is 8.70. The number of aryl methyl sites for hydroxylation is 1. The summed E-state index contributed by atoms with van der Waals surface area (Å²) in [6.45, 7) is 4.44. The molecule has 0 aliphatic carbocycles. The average Bonchev–Trinajstić information content (AvgIpc) is 3.01. The van der Waals surface area contributed by atoms with Crippen LogP contribution in [-0.4, -0.2) is 91.0 Å². The summed E-state index contributed by atoms with van der Waals surface area (Å²) in [5.74, 6) is 0.0664. The fourth-order valence-electron chi connectivity index (χ4n) is 4.53. The van der Waals surface area contributed by atoms with Crippen molar-refractivity contribution in [2.45, 2.75) is 32.2 Å². The second-order valence-electron chi connectivity index (χ2n) is 8.70. The highest BCUT2D eigenvalue weighted by Crippen LogP contribution is 2.12. The Morgan fingerprint density at radius 3 is 2.06 bits per heavy atom. The molecule has 0 bridgehead atoms. The lowest BCUT2D eigenvalue weighted by molar-refractivity contribution is -0.135. The summed E-state index contributed by atoms with van der Waals surface area (Å²) in [6, 6.07) is 0. The molecule has 0 spiro atoms. The molecule has 0 atom stereocenters. The van der Waals surface area contributed by atoms with Crippen LogP contribution in [0.25, 0.3) is 11.2 Å². The van der Waals surface area contributed by atoms with Crippen LogP contribution in [0.3, 0.4) is 0 Å². The van der Waals surface area contributed by atoms with Crippen molar-refractivity contribution in [3.05, 3.63) is 27.2 Å². The molecule has 0 N–H and O–H groups in total. The van der Waals surface area contributed by atoms with E-state index in [-0.39, 0.29) is 29.5 Å². The molecule has 2 amide bonds. The molecule has 0 unspecified atom stereocenters. The van der Waals surface area contributed by atoms with E-state index in [9.17, 15) is 19.2 Å². The number of piperazine rings is 1. The highest BCUT2D eigenvalue weighted by Gasteiger charge is 2.25. The maximum atomic E-state index is 12.9. The minimum Gasteiger partial charge on any atom is -0.342 e. The first-order chi connectivity index (χ1) is 15.4. The van der Waals surface area contributed by atoms with Gasteiger partial charge in [-0.2, -0.15) is 0 Å². The smallest absolute Gasteiger partial charge is 0.332 e. The monoisotopic (exact) mass is 445 g/mol. The van der Waals surface area contributed by atoms with Gasteiger partial charge in [-0.05, 0) is 12.8 Å². The molecular weight excluding hydrogens is 414 g/mol. The number of aromatic nitrogens is 4. The van der Waals surface area contributed by atoms with Crippen LogP contribution in [0.1, 0.15) is 25.7 Å². The number of likely N-dealkylation sites (tertiary alicyclic amines) is 1. The third-order valence-corrected chi connectivity index (χ3v) is 6.57. The number of hydrogen-bond acceptors (Lipinski definition) is 6. The molecule has 2 fully saturated rings. The van der Waals surface area contributed by atoms with Crippen molar-refractivity contribution < 1.29 is 9.59 Å².